The number of pyridine rings is 1. The van der Waals surface area contributed by atoms with Gasteiger partial charge in [0.1, 0.15) is 11.4 Å². The molecule has 0 aliphatic rings. The summed E-state index contributed by atoms with van der Waals surface area (Å²) in [5, 5.41) is 6.91. The van der Waals surface area contributed by atoms with Crippen LogP contribution in [-0.2, 0) is 0 Å². The number of anilines is 2. The summed E-state index contributed by atoms with van der Waals surface area (Å²) in [5.41, 5.74) is 1.61. The van der Waals surface area contributed by atoms with Crippen LogP contribution in [0.3, 0.4) is 0 Å². The SMILES string of the molecule is COc1ccc2ccnc(C(=O)Nc3nc4cccc(C(=O)Nc5ncc[nH]5)c4[nH]3)c2c1. The molecule has 10 nitrogen and oxygen atoms in total. The lowest BCUT2D eigenvalue weighted by molar-refractivity contribution is 0.101. The van der Waals surface area contributed by atoms with Crippen LogP contribution in [0.2, 0.25) is 0 Å². The van der Waals surface area contributed by atoms with Crippen molar-refractivity contribution in [3.63, 3.8) is 0 Å². The summed E-state index contributed by atoms with van der Waals surface area (Å²) >= 11 is 0. The Morgan fingerprint density at radius 1 is 0.969 bits per heavy atom. The van der Waals surface area contributed by atoms with E-state index < -0.39 is 5.91 Å². The molecule has 10 heteroatoms. The fraction of sp³-hybridized carbons (Fsp3) is 0.0455. The Labute approximate surface area is 181 Å². The summed E-state index contributed by atoms with van der Waals surface area (Å²) < 4.78 is 5.27. The molecule has 0 aliphatic heterocycles. The van der Waals surface area contributed by atoms with Crippen LogP contribution in [0.5, 0.6) is 5.75 Å². The van der Waals surface area contributed by atoms with Crippen LogP contribution in [0.15, 0.2) is 61.1 Å². The van der Waals surface area contributed by atoms with Crippen molar-refractivity contribution < 1.29 is 14.3 Å². The van der Waals surface area contributed by atoms with Crippen LogP contribution >= 0.6 is 0 Å². The van der Waals surface area contributed by atoms with Crippen LogP contribution in [0.1, 0.15) is 20.8 Å². The number of rotatable bonds is 5. The molecule has 3 heterocycles. The van der Waals surface area contributed by atoms with Crippen molar-refractivity contribution >= 4 is 45.5 Å². The summed E-state index contributed by atoms with van der Waals surface area (Å²) in [6.45, 7) is 0. The van der Waals surface area contributed by atoms with Gasteiger partial charge in [0.15, 0.2) is 0 Å². The highest BCUT2D eigenvalue weighted by Gasteiger charge is 2.17. The van der Waals surface area contributed by atoms with Crippen molar-refractivity contribution in [3.05, 3.63) is 72.3 Å². The predicted octanol–water partition coefficient (Wildman–Crippen LogP) is 3.35. The van der Waals surface area contributed by atoms with Crippen molar-refractivity contribution in [2.45, 2.75) is 0 Å². The quantitative estimate of drug-likeness (QED) is 0.339. The number of carbonyl (C=O) groups is 2. The summed E-state index contributed by atoms with van der Waals surface area (Å²) in [6, 6.07) is 12.4. The normalized spacial score (nSPS) is 10.9. The van der Waals surface area contributed by atoms with Crippen LogP contribution in [0.4, 0.5) is 11.9 Å². The number of nitrogens with zero attached hydrogens (tertiary/aromatic N) is 3. The van der Waals surface area contributed by atoms with E-state index >= 15 is 0 Å². The number of carbonyl (C=O) groups excluding carboxylic acids is 2. The number of hydrogen-bond acceptors (Lipinski definition) is 6. The van der Waals surface area contributed by atoms with Crippen molar-refractivity contribution in [1.82, 2.24) is 24.9 Å². The third-order valence-corrected chi connectivity index (χ3v) is 4.91. The summed E-state index contributed by atoms with van der Waals surface area (Å²) in [5.74, 6) is 0.345. The van der Waals surface area contributed by atoms with Crippen molar-refractivity contribution in [1.29, 1.82) is 0 Å². The van der Waals surface area contributed by atoms with Gasteiger partial charge in [0.05, 0.1) is 23.7 Å². The number of amides is 2. The Balaban J connectivity index is 1.45. The standard InChI is InChI=1S/C22H17N7O3/c1-32-13-6-5-12-7-8-23-18(15(12)11-13)20(31)29-22-26-16-4-2-3-14(17(16)27-22)19(30)28-21-24-9-10-25-21/h2-11H,1H3,(H2,24,25,28,30)(H2,26,27,29,31). The third kappa shape index (κ3) is 3.49. The van der Waals surface area contributed by atoms with E-state index in [1.807, 2.05) is 18.2 Å². The van der Waals surface area contributed by atoms with E-state index in [2.05, 4.69) is 35.6 Å². The first-order valence-electron chi connectivity index (χ1n) is 9.66. The van der Waals surface area contributed by atoms with Crippen LogP contribution < -0.4 is 15.4 Å². The van der Waals surface area contributed by atoms with Gasteiger partial charge in [0.25, 0.3) is 11.8 Å². The molecule has 3 aromatic heterocycles. The highest BCUT2D eigenvalue weighted by atomic mass is 16.5. The third-order valence-electron chi connectivity index (χ3n) is 4.91. The zero-order valence-electron chi connectivity index (χ0n) is 16.8. The van der Waals surface area contributed by atoms with Gasteiger partial charge in [-0.2, -0.15) is 0 Å². The van der Waals surface area contributed by atoms with Crippen LogP contribution in [-0.4, -0.2) is 43.8 Å². The molecule has 0 spiro atoms. The number of fused-ring (bicyclic) bond motifs is 2. The molecule has 0 fully saturated rings. The Morgan fingerprint density at radius 2 is 1.84 bits per heavy atom. The molecular formula is C22H17N7O3. The van der Waals surface area contributed by atoms with Gasteiger partial charge in [-0.1, -0.05) is 12.1 Å². The van der Waals surface area contributed by atoms with E-state index in [1.54, 1.807) is 43.8 Å². The first kappa shape index (κ1) is 19.2. The van der Waals surface area contributed by atoms with E-state index in [4.69, 9.17) is 4.74 Å². The second-order valence-electron chi connectivity index (χ2n) is 6.88. The first-order valence-corrected chi connectivity index (χ1v) is 9.66. The minimum atomic E-state index is -0.440. The maximum Gasteiger partial charge on any atom is 0.277 e. The molecule has 2 amide bonds. The smallest absolute Gasteiger partial charge is 0.277 e. The molecule has 2 aromatic carbocycles. The van der Waals surface area contributed by atoms with Gasteiger partial charge < -0.3 is 14.7 Å². The second kappa shape index (κ2) is 7.84. The highest BCUT2D eigenvalue weighted by Crippen LogP contribution is 2.24. The van der Waals surface area contributed by atoms with Crippen molar-refractivity contribution in [3.8, 4) is 5.75 Å². The van der Waals surface area contributed by atoms with Gasteiger partial charge in [0.2, 0.25) is 11.9 Å². The van der Waals surface area contributed by atoms with Crippen LogP contribution in [0.25, 0.3) is 21.8 Å². The molecule has 4 N–H and O–H groups in total. The largest absolute Gasteiger partial charge is 0.497 e. The van der Waals surface area contributed by atoms with Gasteiger partial charge in [-0.15, -0.1) is 0 Å². The predicted molar refractivity (Wildman–Crippen MR) is 119 cm³/mol. The van der Waals surface area contributed by atoms with Gasteiger partial charge >= 0.3 is 0 Å². The number of H-pyrrole nitrogens is 2. The number of aromatic amines is 2. The van der Waals surface area contributed by atoms with Gasteiger partial charge in [-0.25, -0.2) is 9.97 Å². The summed E-state index contributed by atoms with van der Waals surface area (Å²) in [6.07, 6.45) is 4.72. The fourth-order valence-corrected chi connectivity index (χ4v) is 3.41. The minimum absolute atomic E-state index is 0.199. The molecule has 32 heavy (non-hydrogen) atoms. The average molecular weight is 427 g/mol. The lowest BCUT2D eigenvalue weighted by atomic mass is 10.1. The molecule has 0 radical (unpaired) electrons. The van der Waals surface area contributed by atoms with Crippen LogP contribution in [0, 0.1) is 0 Å². The number of imidazole rings is 2. The van der Waals surface area contributed by atoms with Gasteiger partial charge in [-0.3, -0.25) is 25.2 Å². The Kier molecular flexibility index (Phi) is 4.71. The van der Waals surface area contributed by atoms with Gasteiger partial charge in [-0.05, 0) is 35.7 Å². The van der Waals surface area contributed by atoms with Crippen molar-refractivity contribution in [2.75, 3.05) is 17.7 Å². The molecule has 0 atom stereocenters. The molecule has 5 aromatic rings. The zero-order valence-corrected chi connectivity index (χ0v) is 16.8. The lowest BCUT2D eigenvalue weighted by Gasteiger charge is -2.07. The van der Waals surface area contributed by atoms with Gasteiger partial charge in [0, 0.05) is 24.0 Å². The monoisotopic (exact) mass is 427 g/mol. The second-order valence-corrected chi connectivity index (χ2v) is 6.88. The maximum absolute atomic E-state index is 13.0. The van der Waals surface area contributed by atoms with Crippen molar-refractivity contribution in [2.24, 2.45) is 0 Å². The molecule has 158 valence electrons. The maximum atomic E-state index is 13.0. The molecule has 5 rings (SSSR count). The first-order chi connectivity index (χ1) is 15.6. The highest BCUT2D eigenvalue weighted by molar-refractivity contribution is 6.13. The summed E-state index contributed by atoms with van der Waals surface area (Å²) in [7, 11) is 1.56. The number of nitrogens with one attached hydrogen (secondary N) is 4. The molecule has 0 saturated heterocycles. The molecule has 0 bridgehead atoms. The Hall–Kier alpha value is -4.73. The average Bonchev–Trinajstić information content (AvgIpc) is 3.47. The van der Waals surface area contributed by atoms with E-state index in [1.165, 1.54) is 6.20 Å². The number of hydrogen-bond donors (Lipinski definition) is 4. The molecular weight excluding hydrogens is 410 g/mol. The number of aromatic nitrogens is 5. The minimum Gasteiger partial charge on any atom is -0.497 e. The Bertz CT molecular complexity index is 1460. The Morgan fingerprint density at radius 3 is 2.66 bits per heavy atom. The van der Waals surface area contributed by atoms with E-state index in [0.717, 1.165) is 5.39 Å². The topological polar surface area (TPSA) is 138 Å². The molecule has 0 aliphatic carbocycles. The number of methoxy groups -OCH3 is 1. The number of benzene rings is 2. The number of ether oxygens (including phenoxy) is 1. The number of para-hydroxylation sites is 1. The lowest BCUT2D eigenvalue weighted by Crippen LogP contribution is -2.15. The van der Waals surface area contributed by atoms with E-state index in [0.29, 0.717) is 33.7 Å². The zero-order chi connectivity index (χ0) is 22.1. The fourth-order valence-electron chi connectivity index (χ4n) is 3.41. The summed E-state index contributed by atoms with van der Waals surface area (Å²) in [4.78, 5) is 44.1. The van der Waals surface area contributed by atoms with E-state index in [9.17, 15) is 9.59 Å². The molecule has 0 unspecified atom stereocenters. The van der Waals surface area contributed by atoms with E-state index in [-0.39, 0.29) is 17.5 Å². The molecule has 0 saturated carbocycles.